The van der Waals surface area contributed by atoms with Gasteiger partial charge in [0, 0.05) is 6.04 Å². The Labute approximate surface area is 110 Å². The number of likely N-dealkylation sites (N-methyl/N-ethyl adjacent to an activating group) is 1. The molecule has 1 atom stereocenters. The second-order valence-electron chi connectivity index (χ2n) is 5.75. The zero-order valence-electron chi connectivity index (χ0n) is 11.5. The Morgan fingerprint density at radius 3 is 2.33 bits per heavy atom. The van der Waals surface area contributed by atoms with Crippen LogP contribution in [0.15, 0.2) is 24.3 Å². The van der Waals surface area contributed by atoms with Crippen LogP contribution in [0, 0.1) is 17.7 Å². The van der Waals surface area contributed by atoms with E-state index in [1.807, 2.05) is 19.2 Å². The molecule has 0 saturated heterocycles. The van der Waals surface area contributed by atoms with Crippen molar-refractivity contribution < 1.29 is 4.39 Å². The van der Waals surface area contributed by atoms with Crippen LogP contribution in [0.5, 0.6) is 0 Å². The van der Waals surface area contributed by atoms with Gasteiger partial charge in [0.2, 0.25) is 0 Å². The number of benzene rings is 1. The summed E-state index contributed by atoms with van der Waals surface area (Å²) in [5, 5.41) is 3.46. The zero-order valence-corrected chi connectivity index (χ0v) is 11.5. The first kappa shape index (κ1) is 13.5. The van der Waals surface area contributed by atoms with Gasteiger partial charge in [0.25, 0.3) is 0 Å². The second kappa shape index (κ2) is 6.33. The van der Waals surface area contributed by atoms with Gasteiger partial charge >= 0.3 is 0 Å². The fourth-order valence-corrected chi connectivity index (χ4v) is 3.07. The lowest BCUT2D eigenvalue weighted by Gasteiger charge is -2.32. The first-order chi connectivity index (χ1) is 8.69. The number of rotatable bonds is 4. The van der Waals surface area contributed by atoms with Crippen LogP contribution < -0.4 is 5.32 Å². The van der Waals surface area contributed by atoms with Crippen molar-refractivity contribution in [3.05, 3.63) is 35.6 Å². The molecule has 100 valence electrons. The van der Waals surface area contributed by atoms with Crippen LogP contribution in [0.1, 0.15) is 38.2 Å². The van der Waals surface area contributed by atoms with Crippen LogP contribution >= 0.6 is 0 Å². The zero-order chi connectivity index (χ0) is 13.0. The molecule has 0 heterocycles. The van der Waals surface area contributed by atoms with Gasteiger partial charge in [0.1, 0.15) is 5.82 Å². The van der Waals surface area contributed by atoms with Crippen LogP contribution in [-0.2, 0) is 6.42 Å². The monoisotopic (exact) mass is 249 g/mol. The van der Waals surface area contributed by atoms with E-state index in [1.165, 1.54) is 31.2 Å². The van der Waals surface area contributed by atoms with Gasteiger partial charge in [-0.2, -0.15) is 0 Å². The van der Waals surface area contributed by atoms with Crippen molar-refractivity contribution in [3.63, 3.8) is 0 Å². The molecule has 0 radical (unpaired) electrons. The van der Waals surface area contributed by atoms with E-state index < -0.39 is 0 Å². The molecular weight excluding hydrogens is 225 g/mol. The second-order valence-corrected chi connectivity index (χ2v) is 5.75. The molecule has 0 spiro atoms. The maximum Gasteiger partial charge on any atom is 0.123 e. The van der Waals surface area contributed by atoms with Crippen molar-refractivity contribution in [3.8, 4) is 0 Å². The number of nitrogens with one attached hydrogen (secondary N) is 1. The summed E-state index contributed by atoms with van der Waals surface area (Å²) in [6.45, 7) is 2.35. The summed E-state index contributed by atoms with van der Waals surface area (Å²) in [5.41, 5.74) is 1.23. The Morgan fingerprint density at radius 2 is 1.78 bits per heavy atom. The number of hydrogen-bond donors (Lipinski definition) is 1. The Bertz CT molecular complexity index is 352. The van der Waals surface area contributed by atoms with Gasteiger partial charge in [-0.1, -0.05) is 31.9 Å². The molecule has 0 aromatic heterocycles. The SMILES string of the molecule is CNC(Cc1ccc(F)cc1)C1CCC(C)CC1. The van der Waals surface area contributed by atoms with Crippen LogP contribution in [0.4, 0.5) is 4.39 Å². The van der Waals surface area contributed by atoms with Crippen molar-refractivity contribution in [2.75, 3.05) is 7.05 Å². The minimum absolute atomic E-state index is 0.147. The molecule has 1 aromatic carbocycles. The summed E-state index contributed by atoms with van der Waals surface area (Å²) < 4.78 is 12.9. The molecule has 1 fully saturated rings. The summed E-state index contributed by atoms with van der Waals surface area (Å²) in [7, 11) is 2.05. The van der Waals surface area contributed by atoms with E-state index >= 15 is 0 Å². The highest BCUT2D eigenvalue weighted by atomic mass is 19.1. The third kappa shape index (κ3) is 3.55. The van der Waals surface area contributed by atoms with Crippen molar-refractivity contribution in [2.45, 2.75) is 45.1 Å². The smallest absolute Gasteiger partial charge is 0.123 e. The van der Waals surface area contributed by atoms with E-state index in [0.29, 0.717) is 6.04 Å². The van der Waals surface area contributed by atoms with Crippen LogP contribution in [0.3, 0.4) is 0 Å². The molecule has 0 bridgehead atoms. The predicted octanol–water partition coefficient (Wildman–Crippen LogP) is 3.78. The molecular formula is C16H24FN. The molecule has 2 rings (SSSR count). The van der Waals surface area contributed by atoms with Gasteiger partial charge in [0.15, 0.2) is 0 Å². The highest BCUT2D eigenvalue weighted by molar-refractivity contribution is 5.17. The van der Waals surface area contributed by atoms with Crippen molar-refractivity contribution in [2.24, 2.45) is 11.8 Å². The quantitative estimate of drug-likeness (QED) is 0.856. The minimum Gasteiger partial charge on any atom is -0.316 e. The molecule has 1 aromatic rings. The van der Waals surface area contributed by atoms with Crippen LogP contribution in [0.25, 0.3) is 0 Å². The minimum atomic E-state index is -0.147. The van der Waals surface area contributed by atoms with Gasteiger partial charge in [-0.05, 0) is 55.8 Å². The van der Waals surface area contributed by atoms with Gasteiger partial charge in [-0.25, -0.2) is 4.39 Å². The Kier molecular flexibility index (Phi) is 4.76. The van der Waals surface area contributed by atoms with E-state index in [4.69, 9.17) is 0 Å². The molecule has 1 aliphatic rings. The van der Waals surface area contributed by atoms with Gasteiger partial charge < -0.3 is 5.32 Å². The molecule has 1 saturated carbocycles. The van der Waals surface area contributed by atoms with E-state index in [0.717, 1.165) is 18.3 Å². The summed E-state index contributed by atoms with van der Waals surface area (Å²) in [5.74, 6) is 1.52. The molecule has 1 unspecified atom stereocenters. The largest absolute Gasteiger partial charge is 0.316 e. The Balaban J connectivity index is 1.94. The maximum atomic E-state index is 12.9. The van der Waals surface area contributed by atoms with E-state index in [1.54, 1.807) is 12.1 Å². The van der Waals surface area contributed by atoms with Crippen LogP contribution in [0.2, 0.25) is 0 Å². The van der Waals surface area contributed by atoms with E-state index in [-0.39, 0.29) is 5.82 Å². The lowest BCUT2D eigenvalue weighted by Crippen LogP contribution is -2.37. The summed E-state index contributed by atoms with van der Waals surface area (Å²) in [6.07, 6.45) is 6.37. The standard InChI is InChI=1S/C16H24FN/c1-12-3-7-14(8-4-12)16(18-2)11-13-5-9-15(17)10-6-13/h5-6,9-10,12,14,16,18H,3-4,7-8,11H2,1-2H3. The van der Waals surface area contributed by atoms with Crippen molar-refractivity contribution in [1.82, 2.24) is 5.32 Å². The molecule has 1 aliphatic carbocycles. The fourth-order valence-electron chi connectivity index (χ4n) is 3.07. The van der Waals surface area contributed by atoms with E-state index in [2.05, 4.69) is 12.2 Å². The lowest BCUT2D eigenvalue weighted by molar-refractivity contribution is 0.235. The summed E-state index contributed by atoms with van der Waals surface area (Å²) in [6, 6.07) is 7.47. The average Bonchev–Trinajstić information content (AvgIpc) is 2.39. The van der Waals surface area contributed by atoms with Crippen molar-refractivity contribution in [1.29, 1.82) is 0 Å². The maximum absolute atomic E-state index is 12.9. The first-order valence-corrected chi connectivity index (χ1v) is 7.10. The summed E-state index contributed by atoms with van der Waals surface area (Å²) >= 11 is 0. The Morgan fingerprint density at radius 1 is 1.17 bits per heavy atom. The van der Waals surface area contributed by atoms with Crippen LogP contribution in [-0.4, -0.2) is 13.1 Å². The lowest BCUT2D eigenvalue weighted by atomic mass is 9.78. The van der Waals surface area contributed by atoms with Crippen molar-refractivity contribution >= 4 is 0 Å². The normalized spacial score (nSPS) is 25.9. The topological polar surface area (TPSA) is 12.0 Å². The first-order valence-electron chi connectivity index (χ1n) is 7.10. The third-order valence-corrected chi connectivity index (χ3v) is 4.37. The molecule has 0 aliphatic heterocycles. The number of hydrogen-bond acceptors (Lipinski definition) is 1. The Hall–Kier alpha value is -0.890. The van der Waals surface area contributed by atoms with Gasteiger partial charge in [0.05, 0.1) is 0 Å². The average molecular weight is 249 g/mol. The fraction of sp³-hybridized carbons (Fsp3) is 0.625. The van der Waals surface area contributed by atoms with Gasteiger partial charge in [-0.15, -0.1) is 0 Å². The third-order valence-electron chi connectivity index (χ3n) is 4.37. The summed E-state index contributed by atoms with van der Waals surface area (Å²) in [4.78, 5) is 0. The molecule has 0 amide bonds. The molecule has 1 N–H and O–H groups in total. The highest BCUT2D eigenvalue weighted by Crippen LogP contribution is 2.31. The van der Waals surface area contributed by atoms with Gasteiger partial charge in [-0.3, -0.25) is 0 Å². The molecule has 1 nitrogen and oxygen atoms in total. The number of halogens is 1. The highest BCUT2D eigenvalue weighted by Gasteiger charge is 2.25. The van der Waals surface area contributed by atoms with E-state index in [9.17, 15) is 4.39 Å². The molecule has 2 heteroatoms. The predicted molar refractivity (Wildman–Crippen MR) is 74.1 cm³/mol. The molecule has 18 heavy (non-hydrogen) atoms.